The van der Waals surface area contributed by atoms with Gasteiger partial charge in [0.2, 0.25) is 0 Å². The minimum Gasteiger partial charge on any atom is -0.495 e. The molecule has 0 unspecified atom stereocenters. The molecule has 4 aromatic rings. The summed E-state index contributed by atoms with van der Waals surface area (Å²) in [6.07, 6.45) is 3.91. The van der Waals surface area contributed by atoms with E-state index in [1.807, 2.05) is 48.0 Å². The van der Waals surface area contributed by atoms with Crippen LogP contribution >= 0.6 is 23.2 Å². The number of benzene rings is 2. The van der Waals surface area contributed by atoms with E-state index >= 15 is 0 Å². The van der Waals surface area contributed by atoms with E-state index in [2.05, 4.69) is 10.3 Å². The minimum absolute atomic E-state index is 0.279. The SMILES string of the molecule is COc1ccc(-c2cn3ccc(C)cc3n2)cc1NC(=O)c1ccc(Cl)cc1Cl. The third-order valence-electron chi connectivity index (χ3n) is 4.53. The number of anilines is 1. The standard InChI is InChI=1S/C22H17Cl2N3O2/c1-13-7-8-27-12-19(25-21(27)9-13)14-3-6-20(29-2)18(10-14)26-22(28)16-5-4-15(23)11-17(16)24/h3-12H,1-2H3,(H,26,28). The topological polar surface area (TPSA) is 55.6 Å². The molecule has 5 nitrogen and oxygen atoms in total. The summed E-state index contributed by atoms with van der Waals surface area (Å²) < 4.78 is 7.36. The smallest absolute Gasteiger partial charge is 0.257 e. The van der Waals surface area contributed by atoms with Crippen molar-refractivity contribution in [3.8, 4) is 17.0 Å². The Hall–Kier alpha value is -3.02. The molecule has 2 aromatic heterocycles. The van der Waals surface area contributed by atoms with Gasteiger partial charge in [0.25, 0.3) is 5.91 Å². The number of nitrogens with zero attached hydrogens (tertiary/aromatic N) is 2. The molecular weight excluding hydrogens is 409 g/mol. The van der Waals surface area contributed by atoms with Crippen LogP contribution in [0.2, 0.25) is 10.0 Å². The number of halogens is 2. The number of methoxy groups -OCH3 is 1. The van der Waals surface area contributed by atoms with Gasteiger partial charge in [-0.05, 0) is 61.0 Å². The first-order valence-electron chi connectivity index (χ1n) is 8.85. The van der Waals surface area contributed by atoms with Gasteiger partial charge < -0.3 is 14.5 Å². The molecule has 1 amide bonds. The summed E-state index contributed by atoms with van der Waals surface area (Å²) in [5, 5.41) is 3.61. The zero-order valence-electron chi connectivity index (χ0n) is 15.7. The Morgan fingerprint density at radius 2 is 1.93 bits per heavy atom. The number of hydrogen-bond donors (Lipinski definition) is 1. The summed E-state index contributed by atoms with van der Waals surface area (Å²) in [4.78, 5) is 17.4. The van der Waals surface area contributed by atoms with Crippen molar-refractivity contribution in [2.24, 2.45) is 0 Å². The number of rotatable bonds is 4. The van der Waals surface area contributed by atoms with Crippen LogP contribution in [0.1, 0.15) is 15.9 Å². The number of carbonyl (C=O) groups is 1. The van der Waals surface area contributed by atoms with Crippen molar-refractivity contribution in [3.05, 3.63) is 82.1 Å². The number of hydrogen-bond acceptors (Lipinski definition) is 3. The fraction of sp³-hybridized carbons (Fsp3) is 0.0909. The summed E-state index contributed by atoms with van der Waals surface area (Å²) in [6, 6.07) is 14.3. The van der Waals surface area contributed by atoms with Gasteiger partial charge in [-0.1, -0.05) is 23.2 Å². The average molecular weight is 426 g/mol. The van der Waals surface area contributed by atoms with Crippen molar-refractivity contribution in [2.75, 3.05) is 12.4 Å². The van der Waals surface area contributed by atoms with Crippen molar-refractivity contribution in [3.63, 3.8) is 0 Å². The first-order valence-corrected chi connectivity index (χ1v) is 9.60. The van der Waals surface area contributed by atoms with Crippen molar-refractivity contribution in [1.29, 1.82) is 0 Å². The zero-order valence-corrected chi connectivity index (χ0v) is 17.3. The zero-order chi connectivity index (χ0) is 20.5. The molecule has 2 aromatic carbocycles. The quantitative estimate of drug-likeness (QED) is 0.444. The van der Waals surface area contributed by atoms with E-state index in [0.29, 0.717) is 22.0 Å². The van der Waals surface area contributed by atoms with Crippen LogP contribution < -0.4 is 10.1 Å². The molecule has 4 rings (SSSR count). The van der Waals surface area contributed by atoms with Crippen LogP contribution in [0.4, 0.5) is 5.69 Å². The minimum atomic E-state index is -0.354. The molecule has 0 spiro atoms. The van der Waals surface area contributed by atoms with E-state index in [1.54, 1.807) is 25.3 Å². The highest BCUT2D eigenvalue weighted by Crippen LogP contribution is 2.31. The van der Waals surface area contributed by atoms with E-state index in [0.717, 1.165) is 22.5 Å². The maximum Gasteiger partial charge on any atom is 0.257 e. The molecule has 0 radical (unpaired) electrons. The number of carbonyl (C=O) groups excluding carboxylic acids is 1. The maximum atomic E-state index is 12.7. The van der Waals surface area contributed by atoms with Gasteiger partial charge in [0, 0.05) is 23.0 Å². The molecule has 0 fully saturated rings. The number of fused-ring (bicyclic) bond motifs is 1. The number of imidazole rings is 1. The fourth-order valence-electron chi connectivity index (χ4n) is 3.05. The summed E-state index contributed by atoms with van der Waals surface area (Å²) in [6.45, 7) is 2.03. The average Bonchev–Trinajstić information content (AvgIpc) is 3.11. The summed E-state index contributed by atoms with van der Waals surface area (Å²) >= 11 is 12.1. The summed E-state index contributed by atoms with van der Waals surface area (Å²) in [5.41, 5.74) is 4.48. The molecule has 0 aliphatic rings. The Morgan fingerprint density at radius 1 is 1.10 bits per heavy atom. The predicted octanol–water partition coefficient (Wildman–Crippen LogP) is 5.88. The molecule has 0 saturated carbocycles. The Kier molecular flexibility index (Phi) is 5.18. The largest absolute Gasteiger partial charge is 0.495 e. The van der Waals surface area contributed by atoms with E-state index in [1.165, 1.54) is 6.07 Å². The Morgan fingerprint density at radius 3 is 2.69 bits per heavy atom. The molecule has 7 heteroatoms. The Bertz CT molecular complexity index is 1230. The molecule has 0 saturated heterocycles. The monoisotopic (exact) mass is 425 g/mol. The highest BCUT2D eigenvalue weighted by atomic mass is 35.5. The number of ether oxygens (including phenoxy) is 1. The molecule has 146 valence electrons. The number of aromatic nitrogens is 2. The van der Waals surface area contributed by atoms with Crippen molar-refractivity contribution in [1.82, 2.24) is 9.38 Å². The van der Waals surface area contributed by atoms with Crippen LogP contribution in [0.3, 0.4) is 0 Å². The van der Waals surface area contributed by atoms with Crippen LogP contribution in [0.5, 0.6) is 5.75 Å². The molecule has 2 heterocycles. The predicted molar refractivity (Wildman–Crippen MR) is 116 cm³/mol. The third-order valence-corrected chi connectivity index (χ3v) is 5.08. The van der Waals surface area contributed by atoms with Gasteiger partial charge in [-0.15, -0.1) is 0 Å². The first-order chi connectivity index (χ1) is 13.9. The van der Waals surface area contributed by atoms with Crippen molar-refractivity contribution < 1.29 is 9.53 Å². The van der Waals surface area contributed by atoms with Crippen LogP contribution in [0, 0.1) is 6.92 Å². The molecule has 0 aliphatic heterocycles. The number of amides is 1. The molecular formula is C22H17Cl2N3O2. The molecule has 29 heavy (non-hydrogen) atoms. The fourth-order valence-corrected chi connectivity index (χ4v) is 3.55. The van der Waals surface area contributed by atoms with E-state index < -0.39 is 0 Å². The van der Waals surface area contributed by atoms with Gasteiger partial charge in [-0.3, -0.25) is 4.79 Å². The van der Waals surface area contributed by atoms with E-state index in [9.17, 15) is 4.79 Å². The summed E-state index contributed by atoms with van der Waals surface area (Å²) in [7, 11) is 1.55. The Labute approximate surface area is 177 Å². The molecule has 0 atom stereocenters. The lowest BCUT2D eigenvalue weighted by Crippen LogP contribution is -2.13. The lowest BCUT2D eigenvalue weighted by Gasteiger charge is -2.12. The second-order valence-corrected chi connectivity index (χ2v) is 7.43. The highest BCUT2D eigenvalue weighted by molar-refractivity contribution is 6.37. The van der Waals surface area contributed by atoms with E-state index in [-0.39, 0.29) is 10.9 Å². The second-order valence-electron chi connectivity index (χ2n) is 6.59. The van der Waals surface area contributed by atoms with Crippen LogP contribution in [0.15, 0.2) is 60.9 Å². The second kappa shape index (κ2) is 7.78. The van der Waals surface area contributed by atoms with Crippen LogP contribution in [-0.4, -0.2) is 22.4 Å². The van der Waals surface area contributed by atoms with Gasteiger partial charge >= 0.3 is 0 Å². The Balaban J connectivity index is 1.70. The van der Waals surface area contributed by atoms with Gasteiger partial charge in [-0.2, -0.15) is 0 Å². The lowest BCUT2D eigenvalue weighted by molar-refractivity contribution is 0.102. The van der Waals surface area contributed by atoms with Crippen LogP contribution in [-0.2, 0) is 0 Å². The number of pyridine rings is 1. The molecule has 1 N–H and O–H groups in total. The lowest BCUT2D eigenvalue weighted by atomic mass is 10.1. The van der Waals surface area contributed by atoms with E-state index in [4.69, 9.17) is 27.9 Å². The third kappa shape index (κ3) is 3.92. The highest BCUT2D eigenvalue weighted by Gasteiger charge is 2.15. The van der Waals surface area contributed by atoms with Crippen LogP contribution in [0.25, 0.3) is 16.9 Å². The summed E-state index contributed by atoms with van der Waals surface area (Å²) in [5.74, 6) is 0.180. The molecule has 0 aliphatic carbocycles. The normalized spacial score (nSPS) is 10.9. The van der Waals surface area contributed by atoms with Gasteiger partial charge in [0.15, 0.2) is 0 Å². The first kappa shape index (κ1) is 19.3. The van der Waals surface area contributed by atoms with Crippen molar-refractivity contribution >= 4 is 40.4 Å². The maximum absolute atomic E-state index is 12.7. The number of nitrogens with one attached hydrogen (secondary N) is 1. The van der Waals surface area contributed by atoms with Gasteiger partial charge in [0.1, 0.15) is 11.4 Å². The van der Waals surface area contributed by atoms with Gasteiger partial charge in [0.05, 0.1) is 29.1 Å². The van der Waals surface area contributed by atoms with Crippen molar-refractivity contribution in [2.45, 2.75) is 6.92 Å². The molecule has 0 bridgehead atoms. The number of aryl methyl sites for hydroxylation is 1. The van der Waals surface area contributed by atoms with Gasteiger partial charge in [-0.25, -0.2) is 4.98 Å².